The fourth-order valence-electron chi connectivity index (χ4n) is 2.60. The predicted molar refractivity (Wildman–Crippen MR) is 96.8 cm³/mol. The maximum absolute atomic E-state index is 13.0. The van der Waals surface area contributed by atoms with E-state index in [1.54, 1.807) is 24.3 Å². The summed E-state index contributed by atoms with van der Waals surface area (Å²) < 4.78 is 59.4. The fraction of sp³-hybridized carbons (Fsp3) is 0.350. The molecule has 8 heteroatoms. The molecule has 2 aromatic rings. The topological polar surface area (TPSA) is 35.5 Å². The zero-order chi connectivity index (χ0) is 20.9. The van der Waals surface area contributed by atoms with Crippen LogP contribution in [0.5, 0.6) is 5.75 Å². The van der Waals surface area contributed by atoms with Crippen molar-refractivity contribution in [3.63, 3.8) is 0 Å². The highest BCUT2D eigenvalue weighted by Crippen LogP contribution is 2.29. The Balaban J connectivity index is 2.04. The van der Waals surface area contributed by atoms with Gasteiger partial charge in [-0.05, 0) is 41.3 Å². The average molecular weight is 419 g/mol. The Morgan fingerprint density at radius 3 is 2.32 bits per heavy atom. The van der Waals surface area contributed by atoms with Crippen molar-refractivity contribution in [2.24, 2.45) is 5.92 Å². The molecule has 0 radical (unpaired) electrons. The van der Waals surface area contributed by atoms with E-state index in [4.69, 9.17) is 16.3 Å². The lowest BCUT2D eigenvalue weighted by molar-refractivity contribution is -0.236. The minimum atomic E-state index is -5.12. The van der Waals surface area contributed by atoms with E-state index in [2.05, 4.69) is 4.74 Å². The zero-order valence-electron chi connectivity index (χ0n) is 15.2. The second-order valence-corrected chi connectivity index (χ2v) is 6.94. The highest BCUT2D eigenvalue weighted by Gasteiger charge is 2.42. The molecule has 0 saturated heterocycles. The van der Waals surface area contributed by atoms with Gasteiger partial charge in [0.05, 0.1) is 5.92 Å². The lowest BCUT2D eigenvalue weighted by Gasteiger charge is -2.20. The first-order valence-electron chi connectivity index (χ1n) is 8.46. The molecule has 2 rings (SSSR count). The molecule has 2 aromatic carbocycles. The highest BCUT2D eigenvalue weighted by atomic mass is 35.5. The van der Waals surface area contributed by atoms with Crippen LogP contribution in [0.4, 0.5) is 17.6 Å². The minimum Gasteiger partial charge on any atom is -0.460 e. The van der Waals surface area contributed by atoms with Crippen molar-refractivity contribution in [3.8, 4) is 5.75 Å². The van der Waals surface area contributed by atoms with Crippen molar-refractivity contribution in [2.75, 3.05) is 0 Å². The van der Waals surface area contributed by atoms with Gasteiger partial charge in [-0.1, -0.05) is 49.7 Å². The molecule has 0 N–H and O–H groups in total. The molecule has 152 valence electrons. The van der Waals surface area contributed by atoms with E-state index in [9.17, 15) is 22.4 Å². The summed E-state index contributed by atoms with van der Waals surface area (Å²) in [6.07, 6.45) is -8.55. The molecule has 0 saturated carbocycles. The number of hydrogen-bond donors (Lipinski definition) is 0. The van der Waals surface area contributed by atoms with Crippen LogP contribution in [-0.4, -0.2) is 18.5 Å². The van der Waals surface area contributed by atoms with Crippen molar-refractivity contribution in [3.05, 3.63) is 64.7 Å². The van der Waals surface area contributed by atoms with Crippen LogP contribution in [-0.2, 0) is 16.1 Å². The van der Waals surface area contributed by atoms with Crippen LogP contribution in [0.3, 0.4) is 0 Å². The summed E-state index contributed by atoms with van der Waals surface area (Å²) in [7, 11) is 0. The van der Waals surface area contributed by atoms with Crippen molar-refractivity contribution in [1.82, 2.24) is 0 Å². The Morgan fingerprint density at radius 2 is 1.75 bits per heavy atom. The first kappa shape index (κ1) is 22.0. The molecule has 0 aromatic heterocycles. The standard InChI is InChI=1S/C20H19ClF4O3/c1-12(2)17(14-6-8-15(21)9-7-14)18(26)27-11-13-4-3-5-16(10-13)28-19(22)20(23,24)25/h3-10,12,17,19H,11H2,1-2H3. The lowest BCUT2D eigenvalue weighted by Crippen LogP contribution is -2.29. The van der Waals surface area contributed by atoms with Gasteiger partial charge in [0.15, 0.2) is 0 Å². The third-order valence-corrected chi connectivity index (χ3v) is 4.18. The van der Waals surface area contributed by atoms with Gasteiger partial charge in [-0.25, -0.2) is 0 Å². The van der Waals surface area contributed by atoms with Crippen LogP contribution >= 0.6 is 11.6 Å². The van der Waals surface area contributed by atoms with E-state index >= 15 is 0 Å². The van der Waals surface area contributed by atoms with Gasteiger partial charge in [0.25, 0.3) is 0 Å². The van der Waals surface area contributed by atoms with Gasteiger partial charge in [-0.15, -0.1) is 0 Å². The number of hydrogen-bond acceptors (Lipinski definition) is 3. The van der Waals surface area contributed by atoms with Crippen molar-refractivity contribution < 1.29 is 31.8 Å². The number of ether oxygens (including phenoxy) is 2. The third kappa shape index (κ3) is 6.12. The monoisotopic (exact) mass is 418 g/mol. The second-order valence-electron chi connectivity index (χ2n) is 6.50. The van der Waals surface area contributed by atoms with Gasteiger partial charge < -0.3 is 9.47 Å². The Bertz CT molecular complexity index is 791. The van der Waals surface area contributed by atoms with Crippen molar-refractivity contribution in [2.45, 2.75) is 38.9 Å². The Kier molecular flexibility index (Phi) is 7.29. The highest BCUT2D eigenvalue weighted by molar-refractivity contribution is 6.30. The van der Waals surface area contributed by atoms with E-state index in [1.165, 1.54) is 24.3 Å². The second kappa shape index (κ2) is 9.28. The molecule has 0 heterocycles. The van der Waals surface area contributed by atoms with Gasteiger partial charge in [0.1, 0.15) is 12.4 Å². The van der Waals surface area contributed by atoms with E-state index in [0.29, 0.717) is 10.6 Å². The summed E-state index contributed by atoms with van der Waals surface area (Å²) >= 11 is 5.87. The van der Waals surface area contributed by atoms with Gasteiger partial charge in [-0.3, -0.25) is 4.79 Å². The summed E-state index contributed by atoms with van der Waals surface area (Å²) in [6.45, 7) is 3.55. The third-order valence-electron chi connectivity index (χ3n) is 3.93. The van der Waals surface area contributed by atoms with Crippen LogP contribution in [0.25, 0.3) is 0 Å². The number of carbonyl (C=O) groups excluding carboxylic acids is 1. The summed E-state index contributed by atoms with van der Waals surface area (Å²) in [5.41, 5.74) is 1.12. The van der Waals surface area contributed by atoms with Crippen molar-refractivity contribution >= 4 is 17.6 Å². The van der Waals surface area contributed by atoms with E-state index in [-0.39, 0.29) is 18.3 Å². The normalized spacial score (nSPS) is 13.9. The molecule has 0 aliphatic rings. The molecule has 0 bridgehead atoms. The van der Waals surface area contributed by atoms with E-state index in [0.717, 1.165) is 5.56 Å². The number of carbonyl (C=O) groups is 1. The summed E-state index contributed by atoms with van der Waals surface area (Å²) in [5, 5.41) is 0.543. The van der Waals surface area contributed by atoms with Gasteiger partial charge >= 0.3 is 18.5 Å². The number of benzene rings is 2. The molecule has 2 unspecified atom stereocenters. The molecule has 0 amide bonds. The van der Waals surface area contributed by atoms with Gasteiger partial charge in [0, 0.05) is 5.02 Å². The number of alkyl halides is 4. The van der Waals surface area contributed by atoms with Gasteiger partial charge in [0.2, 0.25) is 0 Å². The molecular weight excluding hydrogens is 400 g/mol. The SMILES string of the molecule is CC(C)C(C(=O)OCc1cccc(OC(F)C(F)(F)F)c1)c1ccc(Cl)cc1. The van der Waals surface area contributed by atoms with E-state index < -0.39 is 24.4 Å². The molecule has 28 heavy (non-hydrogen) atoms. The first-order chi connectivity index (χ1) is 13.1. The van der Waals surface area contributed by atoms with Crippen LogP contribution < -0.4 is 4.74 Å². The number of esters is 1. The fourth-order valence-corrected chi connectivity index (χ4v) is 2.73. The largest absolute Gasteiger partial charge is 0.460 e. The van der Waals surface area contributed by atoms with Crippen LogP contribution in [0.15, 0.2) is 48.5 Å². The lowest BCUT2D eigenvalue weighted by atomic mass is 9.88. The molecule has 0 aliphatic heterocycles. The van der Waals surface area contributed by atoms with E-state index in [1.807, 2.05) is 13.8 Å². The molecule has 0 fully saturated rings. The van der Waals surface area contributed by atoms with Crippen LogP contribution in [0.2, 0.25) is 5.02 Å². The molecule has 0 spiro atoms. The average Bonchev–Trinajstić information content (AvgIpc) is 2.61. The Labute approximate surface area is 165 Å². The summed E-state index contributed by atoms with van der Waals surface area (Å²) in [6, 6.07) is 12.1. The minimum absolute atomic E-state index is 0.0533. The zero-order valence-corrected chi connectivity index (χ0v) is 15.9. The molecule has 2 atom stereocenters. The number of halogens is 5. The predicted octanol–water partition coefficient (Wildman–Crippen LogP) is 6.06. The van der Waals surface area contributed by atoms with Crippen molar-refractivity contribution in [1.29, 1.82) is 0 Å². The maximum Gasteiger partial charge on any atom is 0.457 e. The molecule has 3 nitrogen and oxygen atoms in total. The Morgan fingerprint density at radius 1 is 1.11 bits per heavy atom. The summed E-state index contributed by atoms with van der Waals surface area (Å²) in [4.78, 5) is 12.5. The van der Waals surface area contributed by atoms with Crippen LogP contribution in [0, 0.1) is 5.92 Å². The number of rotatable bonds is 7. The molecular formula is C20H19ClF4O3. The van der Waals surface area contributed by atoms with Crippen LogP contribution in [0.1, 0.15) is 30.9 Å². The smallest absolute Gasteiger partial charge is 0.457 e. The summed E-state index contributed by atoms with van der Waals surface area (Å²) in [5.74, 6) is -1.38. The first-order valence-corrected chi connectivity index (χ1v) is 8.84. The maximum atomic E-state index is 13.0. The quantitative estimate of drug-likeness (QED) is 0.405. The molecule has 0 aliphatic carbocycles. The Hall–Kier alpha value is -2.28. The van der Waals surface area contributed by atoms with Gasteiger partial charge in [-0.2, -0.15) is 17.6 Å².